The van der Waals surface area contributed by atoms with Gasteiger partial charge in [0.25, 0.3) is 5.91 Å². The Bertz CT molecular complexity index is 1970. The van der Waals surface area contributed by atoms with Crippen molar-refractivity contribution in [2.75, 3.05) is 44.4 Å². The quantitative estimate of drug-likeness (QED) is 0.288. The Morgan fingerprint density at radius 3 is 2.55 bits per heavy atom. The highest BCUT2D eigenvalue weighted by Crippen LogP contribution is 2.48. The third-order valence-corrected chi connectivity index (χ3v) is 14.0. The number of carbonyl (C=O) groups excluding carboxylic acids is 3. The fourth-order valence-corrected chi connectivity index (χ4v) is 9.77. The average Bonchev–Trinajstić information content (AvgIpc) is 4.07. The van der Waals surface area contributed by atoms with Gasteiger partial charge in [-0.25, -0.2) is 22.6 Å². The minimum Gasteiger partial charge on any atom is -0.472 e. The van der Waals surface area contributed by atoms with Gasteiger partial charge in [0.1, 0.15) is 35.1 Å². The summed E-state index contributed by atoms with van der Waals surface area (Å²) in [5, 5.41) is 16.6. The fourth-order valence-electron chi connectivity index (χ4n) is 8.34. The van der Waals surface area contributed by atoms with E-state index >= 15 is 0 Å². The van der Waals surface area contributed by atoms with E-state index in [4.69, 9.17) is 9.47 Å². The van der Waals surface area contributed by atoms with Gasteiger partial charge in [0.05, 0.1) is 31.6 Å². The summed E-state index contributed by atoms with van der Waals surface area (Å²) in [4.78, 5) is 62.9. The number of benzene rings is 1. The Hall–Kier alpha value is -4.51. The van der Waals surface area contributed by atoms with Crippen molar-refractivity contribution in [2.45, 2.75) is 87.3 Å². The maximum atomic E-state index is 14.5. The van der Waals surface area contributed by atoms with Gasteiger partial charge >= 0.3 is 6.09 Å². The molecule has 55 heavy (non-hydrogen) atoms. The molecule has 3 aliphatic heterocycles. The van der Waals surface area contributed by atoms with Crippen LogP contribution in [0.2, 0.25) is 0 Å². The van der Waals surface area contributed by atoms with Gasteiger partial charge in [0, 0.05) is 36.2 Å². The van der Waals surface area contributed by atoms with Crippen LogP contribution < -0.4 is 25.0 Å². The summed E-state index contributed by atoms with van der Waals surface area (Å²) in [7, 11) is -4.39. The minimum atomic E-state index is -4.39. The Balaban J connectivity index is 1.21. The summed E-state index contributed by atoms with van der Waals surface area (Å²) in [6.07, 6.45) is 5.32. The molecule has 2 saturated heterocycles. The molecule has 0 spiro atoms. The monoisotopic (exact) mass is 784 g/mol. The number of nitrogens with one attached hydrogen (secondary N) is 3. The molecule has 298 valence electrons. The molecule has 15 nitrogen and oxygen atoms in total. The van der Waals surface area contributed by atoms with E-state index in [1.807, 2.05) is 37.3 Å². The Morgan fingerprint density at radius 2 is 1.85 bits per heavy atom. The van der Waals surface area contributed by atoms with Crippen molar-refractivity contribution in [1.82, 2.24) is 25.2 Å². The van der Waals surface area contributed by atoms with Crippen molar-refractivity contribution in [1.29, 1.82) is 0 Å². The maximum Gasteiger partial charge on any atom is 0.405 e. The number of carbonyl (C=O) groups is 4. The van der Waals surface area contributed by atoms with E-state index in [-0.39, 0.29) is 38.1 Å². The van der Waals surface area contributed by atoms with Gasteiger partial charge in [-0.05, 0) is 56.4 Å². The summed E-state index contributed by atoms with van der Waals surface area (Å²) in [6, 6.07) is 5.24. The Labute approximate surface area is 319 Å². The summed E-state index contributed by atoms with van der Waals surface area (Å²) >= 11 is 0. The molecule has 0 radical (unpaired) electrons. The standard InChI is InChI=1S/C38H49FN6O9S/c1-23-7-3-4-8-25-19-38(25,35(48)43-55(51,52)37(22-39)11-12-37)42-32(46)29-18-26(21-45(29)34(47)31(24(2)17-23)41-36(49)50)54-33-28-10-6-5-9-27(28)30(20-40-33)44-13-15-53-16-14-44/h4-6,8-10,20,23-26,29,31,41H,3,7,11-19,21-22H2,1-2H3,(H,42,46)(H,43,48)(H,49,50)/t23-,24-,25-,26-,29+,31+,38-/m1/s1. The first-order valence-electron chi connectivity index (χ1n) is 19.1. The Morgan fingerprint density at radius 1 is 1.13 bits per heavy atom. The predicted molar refractivity (Wildman–Crippen MR) is 200 cm³/mol. The van der Waals surface area contributed by atoms with Crippen LogP contribution in [0.25, 0.3) is 10.8 Å². The number of rotatable bonds is 8. The first-order valence-corrected chi connectivity index (χ1v) is 20.5. The van der Waals surface area contributed by atoms with Gasteiger partial charge in [-0.3, -0.25) is 19.1 Å². The minimum absolute atomic E-state index is 0.0230. The number of fused-ring (bicyclic) bond motifs is 3. The molecule has 4 N–H and O–H groups in total. The molecular formula is C38H49FN6O9S. The van der Waals surface area contributed by atoms with Crippen LogP contribution in [0.4, 0.5) is 14.9 Å². The molecule has 2 aliphatic carbocycles. The molecule has 4 amide bonds. The van der Waals surface area contributed by atoms with Crippen molar-refractivity contribution in [3.63, 3.8) is 0 Å². The van der Waals surface area contributed by atoms with E-state index in [0.717, 1.165) is 16.5 Å². The number of hydrogen-bond acceptors (Lipinski definition) is 10. The van der Waals surface area contributed by atoms with Crippen molar-refractivity contribution in [3.8, 4) is 5.88 Å². The second-order valence-electron chi connectivity index (χ2n) is 15.8. The SMILES string of the molecule is C[C@@H]1CCC=C[C@@H]2C[C@@]2(C(=O)NS(=O)(=O)C2(CF)CC2)NC(=O)[C@@H]2C[C@@H](Oc3ncc(N4CCOCC4)c4ccccc34)CN2C(=O)[C@@H](NC(=O)O)[C@H](C)C1. The third-order valence-electron chi connectivity index (χ3n) is 11.9. The number of morpholine rings is 1. The lowest BCUT2D eigenvalue weighted by molar-refractivity contribution is -0.142. The molecule has 7 rings (SSSR count). The van der Waals surface area contributed by atoms with E-state index in [0.29, 0.717) is 51.4 Å². The van der Waals surface area contributed by atoms with Gasteiger partial charge in [-0.2, -0.15) is 0 Å². The van der Waals surface area contributed by atoms with E-state index in [9.17, 15) is 37.1 Å². The van der Waals surface area contributed by atoms with Gasteiger partial charge in [0.2, 0.25) is 27.7 Å². The van der Waals surface area contributed by atoms with Gasteiger partial charge in [0.15, 0.2) is 0 Å². The van der Waals surface area contributed by atoms with E-state index in [1.165, 1.54) is 4.90 Å². The highest BCUT2D eigenvalue weighted by Gasteiger charge is 2.64. The van der Waals surface area contributed by atoms with E-state index in [2.05, 4.69) is 25.2 Å². The predicted octanol–water partition coefficient (Wildman–Crippen LogP) is 2.89. The lowest BCUT2D eigenvalue weighted by Gasteiger charge is -2.32. The third kappa shape index (κ3) is 7.69. The summed E-state index contributed by atoms with van der Waals surface area (Å²) < 4.78 is 52.5. The highest BCUT2D eigenvalue weighted by atomic mass is 32.2. The molecule has 2 saturated carbocycles. The normalized spacial score (nSPS) is 31.0. The molecule has 1 aromatic carbocycles. The molecule has 2 aromatic rings. The smallest absolute Gasteiger partial charge is 0.405 e. The first kappa shape index (κ1) is 38.8. The number of amides is 4. The van der Waals surface area contributed by atoms with Crippen molar-refractivity contribution in [2.24, 2.45) is 17.8 Å². The van der Waals surface area contributed by atoms with Crippen LogP contribution in [-0.2, 0) is 29.1 Å². The largest absolute Gasteiger partial charge is 0.472 e. The number of anilines is 1. The zero-order valence-corrected chi connectivity index (χ0v) is 31.9. The van der Waals surface area contributed by atoms with Crippen LogP contribution in [-0.4, -0.2) is 115 Å². The van der Waals surface area contributed by atoms with Crippen LogP contribution >= 0.6 is 0 Å². The van der Waals surface area contributed by atoms with Crippen molar-refractivity contribution in [3.05, 3.63) is 42.6 Å². The number of pyridine rings is 1. The number of aromatic nitrogens is 1. The maximum absolute atomic E-state index is 14.5. The van der Waals surface area contributed by atoms with Crippen LogP contribution in [0, 0.1) is 17.8 Å². The Kier molecular flexibility index (Phi) is 10.7. The van der Waals surface area contributed by atoms with Gasteiger partial charge in [-0.15, -0.1) is 0 Å². The van der Waals surface area contributed by atoms with E-state index in [1.54, 1.807) is 19.2 Å². The fraction of sp³-hybridized carbons (Fsp3) is 0.605. The van der Waals surface area contributed by atoms with Crippen LogP contribution in [0.15, 0.2) is 42.6 Å². The van der Waals surface area contributed by atoms with E-state index < -0.39 is 80.8 Å². The zero-order chi connectivity index (χ0) is 39.1. The number of hydrogen-bond donors (Lipinski definition) is 4. The molecule has 1 aromatic heterocycles. The molecular weight excluding hydrogens is 736 g/mol. The number of sulfonamides is 1. The zero-order valence-electron chi connectivity index (χ0n) is 31.0. The second kappa shape index (κ2) is 15.2. The molecule has 17 heteroatoms. The topological polar surface area (TPSA) is 197 Å². The summed E-state index contributed by atoms with van der Waals surface area (Å²) in [5.41, 5.74) is -0.741. The van der Waals surface area contributed by atoms with Crippen molar-refractivity contribution >= 4 is 50.3 Å². The number of alkyl halides is 1. The highest BCUT2D eigenvalue weighted by molar-refractivity contribution is 7.91. The first-order chi connectivity index (χ1) is 26.3. The van der Waals surface area contributed by atoms with Gasteiger partial charge in [-0.1, -0.05) is 44.2 Å². The second-order valence-corrected chi connectivity index (χ2v) is 17.9. The lowest BCUT2D eigenvalue weighted by atomic mass is 9.88. The molecule has 0 bridgehead atoms. The summed E-state index contributed by atoms with van der Waals surface area (Å²) in [5.74, 6) is -2.90. The van der Waals surface area contributed by atoms with Crippen LogP contribution in [0.5, 0.6) is 5.88 Å². The number of nitrogens with zero attached hydrogens (tertiary/aromatic N) is 3. The number of allylic oxidation sites excluding steroid dienone is 1. The van der Waals surface area contributed by atoms with Crippen LogP contribution in [0.1, 0.15) is 58.8 Å². The molecule has 7 atom stereocenters. The molecule has 5 aliphatic rings. The van der Waals surface area contributed by atoms with Crippen LogP contribution in [0.3, 0.4) is 0 Å². The van der Waals surface area contributed by atoms with Gasteiger partial charge < -0.3 is 35.0 Å². The summed E-state index contributed by atoms with van der Waals surface area (Å²) in [6.45, 7) is 5.16. The molecule has 4 fully saturated rings. The number of halogens is 1. The molecule has 0 unspecified atom stereocenters. The average molecular weight is 785 g/mol. The lowest BCUT2D eigenvalue weighted by Crippen LogP contribution is -2.59. The number of carboxylic acid groups (broad SMARTS) is 1. The number of ether oxygens (including phenoxy) is 2. The van der Waals surface area contributed by atoms with Crippen molar-refractivity contribution < 1.29 is 46.6 Å². The molecule has 4 heterocycles.